The molecule has 1 aliphatic heterocycles. The molecule has 6 nitrogen and oxygen atoms in total. The van der Waals surface area contributed by atoms with Gasteiger partial charge in [0.25, 0.3) is 0 Å². The Hall–Kier alpha value is -1.76. The Balaban J connectivity index is 1.63. The highest BCUT2D eigenvalue weighted by atomic mass is 16.5. The van der Waals surface area contributed by atoms with Crippen LogP contribution in [0.25, 0.3) is 11.5 Å². The van der Waals surface area contributed by atoms with E-state index in [1.54, 1.807) is 7.11 Å². The fourth-order valence-corrected chi connectivity index (χ4v) is 3.17. The summed E-state index contributed by atoms with van der Waals surface area (Å²) in [6.07, 6.45) is 0. The molecule has 130 valence electrons. The second-order valence-corrected chi connectivity index (χ2v) is 6.36. The first-order valence-corrected chi connectivity index (χ1v) is 8.55. The van der Waals surface area contributed by atoms with Crippen molar-refractivity contribution in [3.63, 3.8) is 0 Å². The standard InChI is InChI=1S/C18H26N4O2/c1-14-13-22(10-9-21(14)11-12-23-3)15(2)17-19-20-18(24-17)16-7-5-4-6-8-16/h4-8,14-15H,9-13H2,1-3H3/t14-,15+/m0/s1. The highest BCUT2D eigenvalue weighted by molar-refractivity contribution is 5.51. The summed E-state index contributed by atoms with van der Waals surface area (Å²) in [5, 5.41) is 8.48. The van der Waals surface area contributed by atoms with Crippen molar-refractivity contribution in [3.05, 3.63) is 36.2 Å². The fraction of sp³-hybridized carbons (Fsp3) is 0.556. The van der Waals surface area contributed by atoms with Crippen LogP contribution in [0.15, 0.2) is 34.7 Å². The number of aromatic nitrogens is 2. The van der Waals surface area contributed by atoms with E-state index in [4.69, 9.17) is 9.15 Å². The number of hydrogen-bond acceptors (Lipinski definition) is 6. The van der Waals surface area contributed by atoms with Gasteiger partial charge < -0.3 is 9.15 Å². The van der Waals surface area contributed by atoms with E-state index in [1.807, 2.05) is 30.3 Å². The van der Waals surface area contributed by atoms with Gasteiger partial charge in [-0.2, -0.15) is 0 Å². The van der Waals surface area contributed by atoms with Gasteiger partial charge in [0.2, 0.25) is 11.8 Å². The van der Waals surface area contributed by atoms with Gasteiger partial charge in [0.15, 0.2) is 0 Å². The first kappa shape index (κ1) is 17.1. The molecule has 2 heterocycles. The zero-order chi connectivity index (χ0) is 16.9. The molecule has 1 aromatic heterocycles. The summed E-state index contributed by atoms with van der Waals surface area (Å²) in [6.45, 7) is 9.20. The predicted octanol–water partition coefficient (Wildman–Crippen LogP) is 2.45. The van der Waals surface area contributed by atoms with Crippen LogP contribution in [-0.4, -0.2) is 65.9 Å². The van der Waals surface area contributed by atoms with Crippen molar-refractivity contribution in [3.8, 4) is 11.5 Å². The van der Waals surface area contributed by atoms with E-state index < -0.39 is 0 Å². The molecule has 2 atom stereocenters. The minimum Gasteiger partial charge on any atom is -0.419 e. The molecule has 1 saturated heterocycles. The lowest BCUT2D eigenvalue weighted by atomic mass is 10.1. The van der Waals surface area contributed by atoms with Crippen LogP contribution in [0.2, 0.25) is 0 Å². The number of hydrogen-bond donors (Lipinski definition) is 0. The van der Waals surface area contributed by atoms with Gasteiger partial charge in [0.1, 0.15) is 0 Å². The van der Waals surface area contributed by atoms with E-state index in [2.05, 4.69) is 33.8 Å². The van der Waals surface area contributed by atoms with Crippen LogP contribution in [-0.2, 0) is 4.74 Å². The molecule has 1 aromatic carbocycles. The number of piperazine rings is 1. The first-order valence-electron chi connectivity index (χ1n) is 8.55. The molecule has 0 N–H and O–H groups in total. The van der Waals surface area contributed by atoms with Gasteiger partial charge in [-0.1, -0.05) is 18.2 Å². The van der Waals surface area contributed by atoms with E-state index in [-0.39, 0.29) is 6.04 Å². The fourth-order valence-electron chi connectivity index (χ4n) is 3.17. The predicted molar refractivity (Wildman–Crippen MR) is 92.6 cm³/mol. The van der Waals surface area contributed by atoms with Crippen molar-refractivity contribution >= 4 is 0 Å². The lowest BCUT2D eigenvalue weighted by Gasteiger charge is -2.41. The zero-order valence-electron chi connectivity index (χ0n) is 14.7. The normalized spacial score (nSPS) is 21.0. The molecule has 0 bridgehead atoms. The maximum Gasteiger partial charge on any atom is 0.247 e. The number of nitrogens with zero attached hydrogens (tertiary/aromatic N) is 4. The second-order valence-electron chi connectivity index (χ2n) is 6.36. The van der Waals surface area contributed by atoms with Crippen LogP contribution in [0.3, 0.4) is 0 Å². The van der Waals surface area contributed by atoms with E-state index in [0.717, 1.165) is 38.3 Å². The smallest absolute Gasteiger partial charge is 0.247 e. The topological polar surface area (TPSA) is 54.6 Å². The van der Waals surface area contributed by atoms with Crippen LogP contribution in [0.4, 0.5) is 0 Å². The van der Waals surface area contributed by atoms with Crippen molar-refractivity contribution < 1.29 is 9.15 Å². The molecular weight excluding hydrogens is 304 g/mol. The van der Waals surface area contributed by atoms with Crippen molar-refractivity contribution in [2.45, 2.75) is 25.9 Å². The summed E-state index contributed by atoms with van der Waals surface area (Å²) in [7, 11) is 1.75. The van der Waals surface area contributed by atoms with E-state index in [9.17, 15) is 0 Å². The van der Waals surface area contributed by atoms with Crippen LogP contribution in [0.5, 0.6) is 0 Å². The third-order valence-corrected chi connectivity index (χ3v) is 4.75. The summed E-state index contributed by atoms with van der Waals surface area (Å²) in [6, 6.07) is 10.5. The Kier molecular flexibility index (Phi) is 5.60. The highest BCUT2D eigenvalue weighted by Gasteiger charge is 2.29. The van der Waals surface area contributed by atoms with E-state index in [1.165, 1.54) is 0 Å². The summed E-state index contributed by atoms with van der Waals surface area (Å²) in [4.78, 5) is 4.88. The molecule has 2 aromatic rings. The summed E-state index contributed by atoms with van der Waals surface area (Å²) < 4.78 is 11.1. The average Bonchev–Trinajstić information content (AvgIpc) is 3.11. The molecule has 0 spiro atoms. The van der Waals surface area contributed by atoms with Crippen molar-refractivity contribution in [1.29, 1.82) is 0 Å². The Morgan fingerprint density at radius 3 is 2.75 bits per heavy atom. The maximum absolute atomic E-state index is 5.91. The monoisotopic (exact) mass is 330 g/mol. The molecule has 1 aliphatic rings. The lowest BCUT2D eigenvalue weighted by molar-refractivity contribution is 0.0363. The number of benzene rings is 1. The number of rotatable bonds is 6. The quantitative estimate of drug-likeness (QED) is 0.811. The van der Waals surface area contributed by atoms with Crippen LogP contribution in [0, 0.1) is 0 Å². The molecule has 6 heteroatoms. The average molecular weight is 330 g/mol. The molecule has 0 saturated carbocycles. The molecule has 0 radical (unpaired) electrons. The molecule has 0 unspecified atom stereocenters. The largest absolute Gasteiger partial charge is 0.419 e. The molecule has 24 heavy (non-hydrogen) atoms. The molecule has 0 amide bonds. The third kappa shape index (κ3) is 3.83. The number of methoxy groups -OCH3 is 1. The highest BCUT2D eigenvalue weighted by Crippen LogP contribution is 2.25. The lowest BCUT2D eigenvalue weighted by Crippen LogP contribution is -2.53. The van der Waals surface area contributed by atoms with Gasteiger partial charge in [-0.25, -0.2) is 0 Å². The van der Waals surface area contributed by atoms with Gasteiger partial charge in [0, 0.05) is 44.9 Å². The SMILES string of the molecule is COCCN1CCN([C@H](C)c2nnc(-c3ccccc3)o2)C[C@@H]1C. The summed E-state index contributed by atoms with van der Waals surface area (Å²) in [5.74, 6) is 1.27. The minimum absolute atomic E-state index is 0.127. The van der Waals surface area contributed by atoms with Crippen LogP contribution >= 0.6 is 0 Å². The molecular formula is C18H26N4O2. The summed E-state index contributed by atoms with van der Waals surface area (Å²) >= 11 is 0. The van der Waals surface area contributed by atoms with Gasteiger partial charge in [-0.3, -0.25) is 9.80 Å². The van der Waals surface area contributed by atoms with Crippen molar-refractivity contribution in [1.82, 2.24) is 20.0 Å². The van der Waals surface area contributed by atoms with Gasteiger partial charge >= 0.3 is 0 Å². The van der Waals surface area contributed by atoms with Gasteiger partial charge in [-0.15, -0.1) is 10.2 Å². The van der Waals surface area contributed by atoms with Crippen LogP contribution < -0.4 is 0 Å². The van der Waals surface area contributed by atoms with Crippen molar-refractivity contribution in [2.24, 2.45) is 0 Å². The Morgan fingerprint density at radius 2 is 2.04 bits per heavy atom. The van der Waals surface area contributed by atoms with Crippen molar-refractivity contribution in [2.75, 3.05) is 39.9 Å². The van der Waals surface area contributed by atoms with Gasteiger partial charge in [-0.05, 0) is 26.0 Å². The van der Waals surface area contributed by atoms with Crippen LogP contribution in [0.1, 0.15) is 25.8 Å². The summed E-state index contributed by atoms with van der Waals surface area (Å²) in [5.41, 5.74) is 0.959. The minimum atomic E-state index is 0.127. The molecule has 3 rings (SSSR count). The van der Waals surface area contributed by atoms with E-state index >= 15 is 0 Å². The Labute approximate surface area is 143 Å². The maximum atomic E-state index is 5.91. The Morgan fingerprint density at radius 1 is 1.25 bits per heavy atom. The molecule has 1 fully saturated rings. The van der Waals surface area contributed by atoms with Gasteiger partial charge in [0.05, 0.1) is 12.6 Å². The second kappa shape index (κ2) is 7.88. The third-order valence-electron chi connectivity index (χ3n) is 4.75. The molecule has 0 aliphatic carbocycles. The number of ether oxygens (including phenoxy) is 1. The zero-order valence-corrected chi connectivity index (χ0v) is 14.7. The van der Waals surface area contributed by atoms with E-state index in [0.29, 0.717) is 17.8 Å². The Bertz CT molecular complexity index is 631. The first-order chi connectivity index (χ1) is 11.7.